The Bertz CT molecular complexity index is 423. The summed E-state index contributed by atoms with van der Waals surface area (Å²) in [5.74, 6) is 0.363. The maximum Gasteiger partial charge on any atom is 0.143 e. The maximum absolute atomic E-state index is 9.20. The molecule has 0 aliphatic heterocycles. The number of aliphatic hydroxyl groups excluding tert-OH is 3. The summed E-state index contributed by atoms with van der Waals surface area (Å²) in [7, 11) is 1.63. The van der Waals surface area contributed by atoms with Gasteiger partial charge < -0.3 is 20.6 Å². The predicted octanol–water partition coefficient (Wildman–Crippen LogP) is -1.27. The van der Waals surface area contributed by atoms with Gasteiger partial charge in [0.25, 0.3) is 0 Å². The first-order chi connectivity index (χ1) is 8.03. The zero-order chi connectivity index (χ0) is 13.1. The van der Waals surface area contributed by atoms with E-state index in [4.69, 9.17) is 5.26 Å². The number of nitriles is 1. The number of aromatic nitrogens is 2. The Morgan fingerprint density at radius 3 is 2.29 bits per heavy atom. The summed E-state index contributed by atoms with van der Waals surface area (Å²) in [6.45, 7) is 0.293. The zero-order valence-corrected chi connectivity index (χ0v) is 9.80. The molecule has 0 spiro atoms. The van der Waals surface area contributed by atoms with Gasteiger partial charge in [-0.15, -0.1) is 0 Å². The van der Waals surface area contributed by atoms with Crippen LogP contribution in [0.1, 0.15) is 11.3 Å². The van der Waals surface area contributed by atoms with E-state index in [0.29, 0.717) is 17.1 Å². The van der Waals surface area contributed by atoms with E-state index < -0.39 is 25.4 Å². The zero-order valence-electron chi connectivity index (χ0n) is 9.80. The van der Waals surface area contributed by atoms with Gasteiger partial charge in [-0.1, -0.05) is 0 Å². The van der Waals surface area contributed by atoms with Gasteiger partial charge in [-0.05, 0) is 6.92 Å². The summed E-state index contributed by atoms with van der Waals surface area (Å²) in [6.07, 6.45) is 0. The number of hydrogen-bond donors (Lipinski definition) is 4. The quantitative estimate of drug-likeness (QED) is 0.510. The van der Waals surface area contributed by atoms with Crippen LogP contribution in [0, 0.1) is 18.3 Å². The van der Waals surface area contributed by atoms with Crippen LogP contribution in [0.5, 0.6) is 0 Å². The normalized spacial score (nSPS) is 11.3. The van der Waals surface area contributed by atoms with Crippen LogP contribution in [0.3, 0.4) is 0 Å². The second-order valence-electron chi connectivity index (χ2n) is 3.92. The molecule has 0 atom stereocenters. The summed E-state index contributed by atoms with van der Waals surface area (Å²) in [5, 5.41) is 43.4. The van der Waals surface area contributed by atoms with Crippen LogP contribution in [0.4, 0.5) is 5.82 Å². The van der Waals surface area contributed by atoms with Crippen molar-refractivity contribution in [2.75, 3.05) is 25.1 Å². The number of hydrogen-bond acceptors (Lipinski definition) is 6. The third-order valence-electron chi connectivity index (χ3n) is 2.63. The number of aliphatic hydroxyl groups is 3. The molecule has 0 saturated heterocycles. The van der Waals surface area contributed by atoms with Crippen molar-refractivity contribution in [2.45, 2.75) is 12.5 Å². The van der Waals surface area contributed by atoms with Gasteiger partial charge in [0, 0.05) is 7.05 Å². The SMILES string of the molecule is Cc1nn(C)c(NC(CO)(CO)CO)c1C#N. The van der Waals surface area contributed by atoms with Crippen LogP contribution < -0.4 is 5.32 Å². The van der Waals surface area contributed by atoms with E-state index in [1.807, 2.05) is 6.07 Å². The summed E-state index contributed by atoms with van der Waals surface area (Å²) in [4.78, 5) is 0. The van der Waals surface area contributed by atoms with Crippen LogP contribution in [0.2, 0.25) is 0 Å². The molecule has 0 amide bonds. The van der Waals surface area contributed by atoms with E-state index in [0.717, 1.165) is 0 Å². The van der Waals surface area contributed by atoms with Gasteiger partial charge in [0.05, 0.1) is 25.5 Å². The van der Waals surface area contributed by atoms with Crippen molar-refractivity contribution in [3.05, 3.63) is 11.3 Å². The van der Waals surface area contributed by atoms with Crippen molar-refractivity contribution in [2.24, 2.45) is 7.05 Å². The summed E-state index contributed by atoms with van der Waals surface area (Å²) < 4.78 is 1.43. The smallest absolute Gasteiger partial charge is 0.143 e. The Kier molecular flexibility index (Phi) is 4.07. The van der Waals surface area contributed by atoms with Crippen LogP contribution in [-0.4, -0.2) is 50.5 Å². The number of nitrogens with zero attached hydrogens (tertiary/aromatic N) is 3. The third-order valence-corrected chi connectivity index (χ3v) is 2.63. The Morgan fingerprint density at radius 1 is 1.35 bits per heavy atom. The Hall–Kier alpha value is -1.62. The first-order valence-electron chi connectivity index (χ1n) is 5.08. The van der Waals surface area contributed by atoms with Crippen LogP contribution in [-0.2, 0) is 7.05 Å². The molecule has 1 aromatic rings. The van der Waals surface area contributed by atoms with Gasteiger partial charge in [0.1, 0.15) is 23.0 Å². The lowest BCUT2D eigenvalue weighted by molar-refractivity contribution is 0.0828. The van der Waals surface area contributed by atoms with E-state index in [9.17, 15) is 15.3 Å². The average molecular weight is 240 g/mol. The molecule has 4 N–H and O–H groups in total. The number of aryl methyl sites for hydroxylation is 2. The second-order valence-corrected chi connectivity index (χ2v) is 3.92. The summed E-state index contributed by atoms with van der Waals surface area (Å²) >= 11 is 0. The average Bonchev–Trinajstić information content (AvgIpc) is 2.60. The molecule has 1 rings (SSSR count). The van der Waals surface area contributed by atoms with Crippen LogP contribution in [0.15, 0.2) is 0 Å². The largest absolute Gasteiger partial charge is 0.394 e. The number of anilines is 1. The highest BCUT2D eigenvalue weighted by molar-refractivity contribution is 5.56. The molecule has 0 bridgehead atoms. The minimum absolute atomic E-state index is 0.326. The van der Waals surface area contributed by atoms with Gasteiger partial charge in [-0.2, -0.15) is 10.4 Å². The molecule has 0 saturated carbocycles. The third kappa shape index (κ3) is 2.39. The van der Waals surface area contributed by atoms with Crippen LogP contribution in [0.25, 0.3) is 0 Å². The van der Waals surface area contributed by atoms with Gasteiger partial charge in [-0.25, -0.2) is 0 Å². The highest BCUT2D eigenvalue weighted by Gasteiger charge is 2.30. The molecule has 17 heavy (non-hydrogen) atoms. The highest BCUT2D eigenvalue weighted by Crippen LogP contribution is 2.21. The standard InChI is InChI=1S/C10H16N4O3/c1-7-8(3-11)9(14(2)13-7)12-10(4-15,5-16)6-17/h12,15-17H,4-6H2,1-2H3. The lowest BCUT2D eigenvalue weighted by Crippen LogP contribution is -2.49. The minimum atomic E-state index is -1.27. The fraction of sp³-hybridized carbons (Fsp3) is 0.600. The molecule has 7 nitrogen and oxygen atoms in total. The fourth-order valence-electron chi connectivity index (χ4n) is 1.46. The van der Waals surface area contributed by atoms with E-state index in [1.165, 1.54) is 4.68 Å². The van der Waals surface area contributed by atoms with Crippen LogP contribution >= 0.6 is 0 Å². The predicted molar refractivity (Wildman–Crippen MR) is 60.3 cm³/mol. The minimum Gasteiger partial charge on any atom is -0.394 e. The second kappa shape index (κ2) is 5.14. The van der Waals surface area contributed by atoms with E-state index in [1.54, 1.807) is 14.0 Å². The maximum atomic E-state index is 9.20. The molecule has 1 aromatic heterocycles. The van der Waals surface area contributed by atoms with Gasteiger partial charge in [0.15, 0.2) is 0 Å². The molecular formula is C10H16N4O3. The van der Waals surface area contributed by atoms with Crippen molar-refractivity contribution in [1.29, 1.82) is 5.26 Å². The lowest BCUT2D eigenvalue weighted by atomic mass is 10.0. The Labute approximate surface area is 98.9 Å². The van der Waals surface area contributed by atoms with Crippen molar-refractivity contribution in [1.82, 2.24) is 9.78 Å². The Balaban J connectivity index is 3.14. The summed E-state index contributed by atoms with van der Waals surface area (Å²) in [5.41, 5.74) is -0.404. The molecule has 7 heteroatoms. The topological polar surface area (TPSA) is 114 Å². The lowest BCUT2D eigenvalue weighted by Gasteiger charge is -2.29. The van der Waals surface area contributed by atoms with E-state index in [-0.39, 0.29) is 0 Å². The number of nitrogens with one attached hydrogen (secondary N) is 1. The Morgan fingerprint density at radius 2 is 1.88 bits per heavy atom. The van der Waals surface area contributed by atoms with Gasteiger partial charge >= 0.3 is 0 Å². The van der Waals surface area contributed by atoms with Crippen molar-refractivity contribution >= 4 is 5.82 Å². The van der Waals surface area contributed by atoms with Crippen molar-refractivity contribution in [3.8, 4) is 6.07 Å². The molecule has 94 valence electrons. The van der Waals surface area contributed by atoms with Gasteiger partial charge in [-0.3, -0.25) is 4.68 Å². The molecule has 0 aliphatic rings. The molecule has 0 aliphatic carbocycles. The number of rotatable bonds is 5. The molecule has 0 unspecified atom stereocenters. The molecular weight excluding hydrogens is 224 g/mol. The van der Waals surface area contributed by atoms with Crippen molar-refractivity contribution < 1.29 is 15.3 Å². The molecule has 1 heterocycles. The monoisotopic (exact) mass is 240 g/mol. The molecule has 0 radical (unpaired) electrons. The van der Waals surface area contributed by atoms with Gasteiger partial charge in [0.2, 0.25) is 0 Å². The highest BCUT2D eigenvalue weighted by atomic mass is 16.3. The van der Waals surface area contributed by atoms with E-state index >= 15 is 0 Å². The van der Waals surface area contributed by atoms with E-state index in [2.05, 4.69) is 10.4 Å². The van der Waals surface area contributed by atoms with Crippen molar-refractivity contribution in [3.63, 3.8) is 0 Å². The molecule has 0 fully saturated rings. The molecule has 0 aromatic carbocycles. The summed E-state index contributed by atoms with van der Waals surface area (Å²) in [6, 6.07) is 1.99. The fourth-order valence-corrected chi connectivity index (χ4v) is 1.46. The first kappa shape index (κ1) is 13.4. The first-order valence-corrected chi connectivity index (χ1v) is 5.08.